The zero-order chi connectivity index (χ0) is 20.8. The number of rotatable bonds is 5. The summed E-state index contributed by atoms with van der Waals surface area (Å²) in [7, 11) is 0. The average Bonchev–Trinajstić information content (AvgIpc) is 3.17. The van der Waals surface area contributed by atoms with Crippen LogP contribution in [0.5, 0.6) is 0 Å². The molecule has 0 radical (unpaired) electrons. The van der Waals surface area contributed by atoms with E-state index in [0.717, 1.165) is 30.8 Å². The molecule has 3 aromatic rings. The van der Waals surface area contributed by atoms with Gasteiger partial charge in [0.1, 0.15) is 5.52 Å². The SMILES string of the molecule is C[C@@H]1CCCN(c2cc(NCCC(=O)O)c3c4c(onc24)-c2ccccc2C3=O)C1. The molecule has 1 saturated heterocycles. The fourth-order valence-electron chi connectivity index (χ4n) is 4.64. The second kappa shape index (κ2) is 7.16. The fourth-order valence-corrected chi connectivity index (χ4v) is 4.64. The number of carbonyl (C=O) groups is 2. The van der Waals surface area contributed by atoms with E-state index in [1.54, 1.807) is 6.07 Å². The van der Waals surface area contributed by atoms with Crippen molar-refractivity contribution in [1.29, 1.82) is 0 Å². The first-order valence-electron chi connectivity index (χ1n) is 10.4. The molecule has 2 aliphatic rings. The third-order valence-electron chi connectivity index (χ3n) is 6.03. The Morgan fingerprint density at radius 1 is 1.33 bits per heavy atom. The largest absolute Gasteiger partial charge is 0.481 e. The number of hydrogen-bond donors (Lipinski definition) is 2. The van der Waals surface area contributed by atoms with E-state index in [-0.39, 0.29) is 18.7 Å². The number of aromatic nitrogens is 1. The van der Waals surface area contributed by atoms with Crippen LogP contribution in [0.4, 0.5) is 11.4 Å². The number of carboxylic acids is 1. The predicted octanol–water partition coefficient (Wildman–Crippen LogP) is 4.16. The van der Waals surface area contributed by atoms with Crippen LogP contribution in [0, 0.1) is 5.92 Å². The maximum atomic E-state index is 13.4. The molecule has 7 heteroatoms. The maximum absolute atomic E-state index is 13.4. The lowest BCUT2D eigenvalue weighted by atomic mass is 9.86. The van der Waals surface area contributed by atoms with Crippen molar-refractivity contribution >= 4 is 34.0 Å². The zero-order valence-electron chi connectivity index (χ0n) is 16.8. The van der Waals surface area contributed by atoms with E-state index in [2.05, 4.69) is 22.3 Å². The highest BCUT2D eigenvalue weighted by molar-refractivity contribution is 6.28. The first-order chi connectivity index (χ1) is 14.5. The first-order valence-corrected chi connectivity index (χ1v) is 10.4. The number of nitrogens with one attached hydrogen (secondary N) is 1. The molecule has 1 aliphatic carbocycles. The first kappa shape index (κ1) is 18.7. The summed E-state index contributed by atoms with van der Waals surface area (Å²) in [5.74, 6) is 0.189. The van der Waals surface area contributed by atoms with Gasteiger partial charge in [-0.2, -0.15) is 0 Å². The van der Waals surface area contributed by atoms with E-state index in [4.69, 9.17) is 9.63 Å². The van der Waals surface area contributed by atoms with Gasteiger partial charge >= 0.3 is 5.97 Å². The second-order valence-electron chi connectivity index (χ2n) is 8.19. The van der Waals surface area contributed by atoms with E-state index >= 15 is 0 Å². The van der Waals surface area contributed by atoms with Crippen molar-refractivity contribution < 1.29 is 19.2 Å². The number of piperidine rings is 1. The minimum absolute atomic E-state index is 0.0329. The summed E-state index contributed by atoms with van der Waals surface area (Å²) in [6, 6.07) is 9.32. The Morgan fingerprint density at radius 3 is 2.90 bits per heavy atom. The number of ketones is 1. The van der Waals surface area contributed by atoms with Crippen LogP contribution in [0.15, 0.2) is 34.9 Å². The fraction of sp³-hybridized carbons (Fsp3) is 0.348. The van der Waals surface area contributed by atoms with Gasteiger partial charge in [0.05, 0.1) is 23.1 Å². The van der Waals surface area contributed by atoms with Gasteiger partial charge in [-0.1, -0.05) is 36.3 Å². The molecule has 0 spiro atoms. The Labute approximate surface area is 173 Å². The van der Waals surface area contributed by atoms with Crippen LogP contribution in [0.1, 0.15) is 42.1 Å². The summed E-state index contributed by atoms with van der Waals surface area (Å²) >= 11 is 0. The summed E-state index contributed by atoms with van der Waals surface area (Å²) in [5.41, 5.74) is 4.10. The van der Waals surface area contributed by atoms with Crippen LogP contribution in [-0.2, 0) is 4.79 Å². The van der Waals surface area contributed by atoms with Gasteiger partial charge in [0.15, 0.2) is 11.5 Å². The van der Waals surface area contributed by atoms with Crippen molar-refractivity contribution in [2.24, 2.45) is 5.92 Å². The molecular formula is C23H23N3O4. The van der Waals surface area contributed by atoms with E-state index in [1.165, 1.54) is 6.42 Å². The minimum atomic E-state index is -0.885. The van der Waals surface area contributed by atoms with Crippen LogP contribution < -0.4 is 10.2 Å². The van der Waals surface area contributed by atoms with Gasteiger partial charge in [-0.05, 0) is 24.8 Å². The topological polar surface area (TPSA) is 95.7 Å². The molecule has 1 aromatic heterocycles. The van der Waals surface area contributed by atoms with E-state index in [0.29, 0.717) is 39.4 Å². The summed E-state index contributed by atoms with van der Waals surface area (Å²) < 4.78 is 5.78. The molecule has 2 N–H and O–H groups in total. The number of fused-ring (bicyclic) bond motifs is 2. The molecule has 0 bridgehead atoms. The van der Waals surface area contributed by atoms with E-state index in [9.17, 15) is 9.59 Å². The van der Waals surface area contributed by atoms with Crippen molar-refractivity contribution in [3.63, 3.8) is 0 Å². The molecule has 0 unspecified atom stereocenters. The summed E-state index contributed by atoms with van der Waals surface area (Å²) in [5, 5.41) is 17.3. The highest BCUT2D eigenvalue weighted by Crippen LogP contribution is 2.46. The van der Waals surface area contributed by atoms with E-state index < -0.39 is 5.97 Å². The third-order valence-corrected chi connectivity index (χ3v) is 6.03. The number of carboxylic acid groups (broad SMARTS) is 1. The number of aliphatic carboxylic acids is 1. The highest BCUT2D eigenvalue weighted by Gasteiger charge is 2.34. The van der Waals surface area contributed by atoms with Crippen molar-refractivity contribution in [3.05, 3.63) is 41.5 Å². The predicted molar refractivity (Wildman–Crippen MR) is 114 cm³/mol. The van der Waals surface area contributed by atoms with Crippen LogP contribution in [0.25, 0.3) is 22.2 Å². The van der Waals surface area contributed by atoms with Gasteiger partial charge in [0, 0.05) is 36.4 Å². The van der Waals surface area contributed by atoms with Crippen LogP contribution in [-0.4, -0.2) is 41.7 Å². The van der Waals surface area contributed by atoms with E-state index in [1.807, 2.05) is 24.3 Å². The Kier molecular flexibility index (Phi) is 4.46. The second-order valence-corrected chi connectivity index (χ2v) is 8.19. The summed E-state index contributed by atoms with van der Waals surface area (Å²) in [4.78, 5) is 26.7. The molecule has 154 valence electrons. The standard InChI is InChI=1S/C23H23N3O4/c1-13-5-4-10-26(12-13)17-11-16(24-9-8-18(27)28)19-20-21(17)25-30-23(20)15-7-3-2-6-14(15)22(19)29/h2-3,6-7,11,13,24H,4-5,8-10,12H2,1H3,(H,27,28)/t13-/m1/s1. The quantitative estimate of drug-likeness (QED) is 0.515. The molecule has 0 saturated carbocycles. The zero-order valence-corrected chi connectivity index (χ0v) is 16.8. The van der Waals surface area contributed by atoms with Crippen molar-refractivity contribution in [1.82, 2.24) is 5.16 Å². The Balaban J connectivity index is 1.71. The Bertz CT molecular complexity index is 1170. The lowest BCUT2D eigenvalue weighted by molar-refractivity contribution is -0.136. The van der Waals surface area contributed by atoms with Crippen molar-refractivity contribution in [2.75, 3.05) is 29.9 Å². The van der Waals surface area contributed by atoms with Gasteiger partial charge in [0.25, 0.3) is 0 Å². The molecule has 1 fully saturated rings. The Morgan fingerprint density at radius 2 is 2.13 bits per heavy atom. The molecule has 2 heterocycles. The maximum Gasteiger partial charge on any atom is 0.305 e. The smallest absolute Gasteiger partial charge is 0.305 e. The summed E-state index contributed by atoms with van der Waals surface area (Å²) in [6.45, 7) is 4.30. The minimum Gasteiger partial charge on any atom is -0.481 e. The number of benzene rings is 2. The molecule has 30 heavy (non-hydrogen) atoms. The average molecular weight is 405 g/mol. The highest BCUT2D eigenvalue weighted by atomic mass is 16.5. The van der Waals surface area contributed by atoms with Crippen LogP contribution in [0.3, 0.4) is 0 Å². The molecule has 7 nitrogen and oxygen atoms in total. The van der Waals surface area contributed by atoms with Crippen LogP contribution in [0.2, 0.25) is 0 Å². The van der Waals surface area contributed by atoms with Gasteiger partial charge in [-0.15, -0.1) is 0 Å². The molecule has 2 aromatic carbocycles. The van der Waals surface area contributed by atoms with Gasteiger partial charge in [0.2, 0.25) is 0 Å². The normalized spacial score (nSPS) is 17.8. The number of nitrogens with zero attached hydrogens (tertiary/aromatic N) is 2. The van der Waals surface area contributed by atoms with Gasteiger partial charge in [-0.3, -0.25) is 9.59 Å². The van der Waals surface area contributed by atoms with Gasteiger partial charge in [-0.25, -0.2) is 0 Å². The van der Waals surface area contributed by atoms with Crippen molar-refractivity contribution in [2.45, 2.75) is 26.2 Å². The molecular weight excluding hydrogens is 382 g/mol. The molecule has 0 amide bonds. The molecule has 5 rings (SSSR count). The lowest BCUT2D eigenvalue weighted by Crippen LogP contribution is -2.34. The molecule has 1 aliphatic heterocycles. The number of carbonyl (C=O) groups excluding carboxylic acids is 1. The Hall–Kier alpha value is -3.35. The van der Waals surface area contributed by atoms with Crippen LogP contribution >= 0.6 is 0 Å². The van der Waals surface area contributed by atoms with Gasteiger partial charge < -0.3 is 19.8 Å². The summed E-state index contributed by atoms with van der Waals surface area (Å²) in [6.07, 6.45) is 2.25. The third kappa shape index (κ3) is 2.93. The molecule has 1 atom stereocenters. The van der Waals surface area contributed by atoms with Crippen molar-refractivity contribution in [3.8, 4) is 11.3 Å². The number of anilines is 2. The lowest BCUT2D eigenvalue weighted by Gasteiger charge is -2.33. The monoisotopic (exact) mass is 405 g/mol. The number of hydrogen-bond acceptors (Lipinski definition) is 6.